The van der Waals surface area contributed by atoms with Crippen LogP contribution < -0.4 is 10.5 Å². The average molecular weight is 356 g/mol. The Bertz CT molecular complexity index is 427. The molecule has 114 valence electrons. The number of alkyl halides is 3. The van der Waals surface area contributed by atoms with Gasteiger partial charge in [-0.15, -0.1) is 13.2 Å². The minimum Gasteiger partial charge on any atom is -0.491 e. The summed E-state index contributed by atoms with van der Waals surface area (Å²) >= 11 is 3.35. The van der Waals surface area contributed by atoms with Crippen LogP contribution in [-0.2, 0) is 11.2 Å². The molecule has 1 unspecified atom stereocenters. The molecule has 0 spiro atoms. The summed E-state index contributed by atoms with van der Waals surface area (Å²) in [6.45, 7) is 1.26. The van der Waals surface area contributed by atoms with Gasteiger partial charge in [0.15, 0.2) is 0 Å². The van der Waals surface area contributed by atoms with Crippen molar-refractivity contribution in [2.75, 3.05) is 13.2 Å². The van der Waals surface area contributed by atoms with E-state index in [4.69, 9.17) is 10.5 Å². The fourth-order valence-electron chi connectivity index (χ4n) is 1.58. The van der Waals surface area contributed by atoms with E-state index in [0.29, 0.717) is 12.2 Å². The highest BCUT2D eigenvalue weighted by molar-refractivity contribution is 9.10. The Kier molecular flexibility index (Phi) is 6.78. The van der Waals surface area contributed by atoms with Crippen LogP contribution >= 0.6 is 15.9 Å². The van der Waals surface area contributed by atoms with Crippen molar-refractivity contribution < 1.29 is 22.6 Å². The van der Waals surface area contributed by atoms with Gasteiger partial charge >= 0.3 is 6.36 Å². The minimum atomic E-state index is -4.63. The quantitative estimate of drug-likeness (QED) is 0.759. The molecule has 2 N–H and O–H groups in total. The zero-order valence-corrected chi connectivity index (χ0v) is 12.6. The molecule has 0 heterocycles. The fraction of sp³-hybridized carbons (Fsp3) is 0.538. The zero-order valence-electron chi connectivity index (χ0n) is 11.0. The van der Waals surface area contributed by atoms with Gasteiger partial charge in [-0.3, -0.25) is 4.74 Å². The summed E-state index contributed by atoms with van der Waals surface area (Å²) in [5.74, 6) is 0.530. The lowest BCUT2D eigenvalue weighted by molar-refractivity contribution is -0.325. The van der Waals surface area contributed by atoms with Gasteiger partial charge in [0.25, 0.3) is 0 Å². The number of halogens is 4. The van der Waals surface area contributed by atoms with Crippen molar-refractivity contribution in [3.05, 3.63) is 28.2 Å². The van der Waals surface area contributed by atoms with E-state index in [9.17, 15) is 13.2 Å². The normalized spacial score (nSPS) is 13.3. The van der Waals surface area contributed by atoms with Crippen LogP contribution in [0.3, 0.4) is 0 Å². The second-order valence-electron chi connectivity index (χ2n) is 4.27. The summed E-state index contributed by atoms with van der Waals surface area (Å²) in [6, 6.07) is 5.31. The summed E-state index contributed by atoms with van der Waals surface area (Å²) in [6.07, 6.45) is -3.22. The number of benzene rings is 1. The highest BCUT2D eigenvalue weighted by atomic mass is 79.9. The average Bonchev–Trinajstić information content (AvgIpc) is 2.35. The number of rotatable bonds is 7. The lowest BCUT2D eigenvalue weighted by atomic mass is 10.0. The van der Waals surface area contributed by atoms with Crippen LogP contribution in [0, 0.1) is 0 Å². The molecule has 0 aliphatic rings. The third kappa shape index (κ3) is 6.58. The molecule has 0 saturated heterocycles. The first-order chi connectivity index (χ1) is 9.31. The molecule has 0 saturated carbocycles. The topological polar surface area (TPSA) is 44.5 Å². The van der Waals surface area contributed by atoms with Gasteiger partial charge in [-0.05, 0) is 36.6 Å². The van der Waals surface area contributed by atoms with Crippen LogP contribution in [0.4, 0.5) is 13.2 Å². The number of ether oxygens (including phenoxy) is 2. The van der Waals surface area contributed by atoms with Crippen molar-refractivity contribution >= 4 is 15.9 Å². The maximum atomic E-state index is 11.8. The van der Waals surface area contributed by atoms with Gasteiger partial charge in [0.2, 0.25) is 0 Å². The Morgan fingerprint density at radius 2 is 2.00 bits per heavy atom. The van der Waals surface area contributed by atoms with Gasteiger partial charge < -0.3 is 10.5 Å². The summed E-state index contributed by atoms with van der Waals surface area (Å²) < 4.78 is 45.4. The molecule has 0 bridgehead atoms. The van der Waals surface area contributed by atoms with Crippen molar-refractivity contribution in [2.24, 2.45) is 5.73 Å². The summed E-state index contributed by atoms with van der Waals surface area (Å²) in [5, 5.41) is 0. The van der Waals surface area contributed by atoms with Crippen molar-refractivity contribution in [2.45, 2.75) is 32.2 Å². The van der Waals surface area contributed by atoms with Crippen LogP contribution in [-0.4, -0.2) is 25.6 Å². The summed E-state index contributed by atoms with van der Waals surface area (Å²) in [4.78, 5) is 0. The van der Waals surface area contributed by atoms with Gasteiger partial charge in [-0.1, -0.05) is 22.9 Å². The lowest BCUT2D eigenvalue weighted by Gasteiger charge is -2.15. The largest absolute Gasteiger partial charge is 0.522 e. The molecule has 0 aromatic heterocycles. The minimum absolute atomic E-state index is 0.0157. The summed E-state index contributed by atoms with van der Waals surface area (Å²) in [5.41, 5.74) is 6.75. The van der Waals surface area contributed by atoms with E-state index in [0.717, 1.165) is 16.5 Å². The first-order valence-corrected chi connectivity index (χ1v) is 6.98. The zero-order chi connectivity index (χ0) is 15.2. The number of nitrogens with two attached hydrogens (primary N) is 1. The van der Waals surface area contributed by atoms with Crippen LogP contribution in [0.25, 0.3) is 0 Å². The Balaban J connectivity index is 2.60. The molecule has 0 aliphatic carbocycles. The van der Waals surface area contributed by atoms with E-state index >= 15 is 0 Å². The first kappa shape index (κ1) is 17.3. The molecular weight excluding hydrogens is 339 g/mol. The molecule has 1 aromatic carbocycles. The van der Waals surface area contributed by atoms with Crippen LogP contribution in [0.15, 0.2) is 22.7 Å². The highest BCUT2D eigenvalue weighted by Crippen LogP contribution is 2.25. The first-order valence-electron chi connectivity index (χ1n) is 6.19. The summed E-state index contributed by atoms with van der Waals surface area (Å²) in [7, 11) is 0. The maximum Gasteiger partial charge on any atom is 0.522 e. The number of hydrogen-bond acceptors (Lipinski definition) is 3. The van der Waals surface area contributed by atoms with Crippen molar-refractivity contribution in [3.8, 4) is 5.75 Å². The molecule has 20 heavy (non-hydrogen) atoms. The van der Waals surface area contributed by atoms with Gasteiger partial charge in [-0.25, -0.2) is 0 Å². The van der Waals surface area contributed by atoms with E-state index in [2.05, 4.69) is 20.7 Å². The molecule has 0 radical (unpaired) electrons. The van der Waals surface area contributed by atoms with Crippen molar-refractivity contribution in [1.82, 2.24) is 0 Å². The molecule has 0 amide bonds. The molecule has 0 fully saturated rings. The fourth-order valence-corrected chi connectivity index (χ4v) is 1.99. The van der Waals surface area contributed by atoms with E-state index in [1.165, 1.54) is 0 Å². The third-order valence-corrected chi connectivity index (χ3v) is 3.13. The van der Waals surface area contributed by atoms with E-state index in [-0.39, 0.29) is 12.6 Å². The van der Waals surface area contributed by atoms with E-state index in [1.807, 2.05) is 13.0 Å². The maximum absolute atomic E-state index is 11.8. The molecule has 0 aliphatic heterocycles. The van der Waals surface area contributed by atoms with Crippen molar-refractivity contribution in [3.63, 3.8) is 0 Å². The lowest BCUT2D eigenvalue weighted by Crippen LogP contribution is -2.22. The molecule has 1 rings (SSSR count). The second-order valence-corrected chi connectivity index (χ2v) is 5.18. The van der Waals surface area contributed by atoms with Crippen LogP contribution in [0.5, 0.6) is 5.75 Å². The van der Waals surface area contributed by atoms with Gasteiger partial charge in [-0.2, -0.15) is 0 Å². The Hall–Kier alpha value is -0.790. The Labute approximate surface area is 124 Å². The van der Waals surface area contributed by atoms with Gasteiger partial charge in [0.05, 0.1) is 6.61 Å². The van der Waals surface area contributed by atoms with Crippen molar-refractivity contribution in [1.29, 1.82) is 0 Å². The second kappa shape index (κ2) is 7.85. The van der Waals surface area contributed by atoms with Crippen LogP contribution in [0.1, 0.15) is 18.9 Å². The Morgan fingerprint density at radius 1 is 1.30 bits per heavy atom. The SMILES string of the molecule is CCC(N)Cc1cc(Br)ccc1OCCOC(F)(F)F. The predicted octanol–water partition coefficient (Wildman–Crippen LogP) is 3.64. The highest BCUT2D eigenvalue weighted by Gasteiger charge is 2.28. The van der Waals surface area contributed by atoms with Crippen LogP contribution in [0.2, 0.25) is 0 Å². The molecule has 1 atom stereocenters. The molecule has 3 nitrogen and oxygen atoms in total. The van der Waals surface area contributed by atoms with E-state index in [1.54, 1.807) is 12.1 Å². The molecule has 7 heteroatoms. The molecule has 1 aromatic rings. The standard InChI is InChI=1S/C13H17BrF3NO2/c1-2-11(18)8-9-7-10(14)3-4-12(9)19-5-6-20-13(15,16)17/h3-4,7,11H,2,5-6,8,18H2,1H3. The third-order valence-electron chi connectivity index (χ3n) is 2.64. The monoisotopic (exact) mass is 355 g/mol. The smallest absolute Gasteiger partial charge is 0.491 e. The predicted molar refractivity (Wildman–Crippen MR) is 73.6 cm³/mol. The van der Waals surface area contributed by atoms with E-state index < -0.39 is 13.0 Å². The Morgan fingerprint density at radius 3 is 2.60 bits per heavy atom. The van der Waals surface area contributed by atoms with Gasteiger partial charge in [0.1, 0.15) is 12.4 Å². The molecular formula is C13H17BrF3NO2. The number of hydrogen-bond donors (Lipinski definition) is 1. The van der Waals surface area contributed by atoms with Gasteiger partial charge in [0, 0.05) is 10.5 Å².